The van der Waals surface area contributed by atoms with E-state index in [1.165, 1.54) is 88.1 Å². The fraction of sp³-hybridized carbons (Fsp3) is 0.475. The van der Waals surface area contributed by atoms with Crippen LogP contribution >= 0.6 is 58.0 Å². The zero-order valence-electron chi connectivity index (χ0n) is 67.8. The smallest absolute Gasteiger partial charge is 0.496 e. The molecule has 0 bridgehead atoms. The number of aromatic nitrogens is 9. The summed E-state index contributed by atoms with van der Waals surface area (Å²) < 4.78 is 71.2. The lowest BCUT2D eigenvalue weighted by atomic mass is 9.81. The van der Waals surface area contributed by atoms with Crippen LogP contribution in [0.25, 0.3) is 22.5 Å². The van der Waals surface area contributed by atoms with E-state index in [2.05, 4.69) is 51.2 Å². The van der Waals surface area contributed by atoms with Crippen LogP contribution in [0.15, 0.2) is 91.8 Å². The summed E-state index contributed by atoms with van der Waals surface area (Å²) in [6.45, 7) is 21.2. The van der Waals surface area contributed by atoms with Crippen molar-refractivity contribution in [2.75, 3.05) is 84.1 Å². The maximum absolute atomic E-state index is 14.0. The second kappa shape index (κ2) is 39.0. The first-order chi connectivity index (χ1) is 56.4. The van der Waals surface area contributed by atoms with Crippen LogP contribution in [0, 0.1) is 11.6 Å². The molecule has 6 N–H and O–H groups in total. The quantitative estimate of drug-likeness (QED) is 0.0168. The summed E-state index contributed by atoms with van der Waals surface area (Å²) in [6, 6.07) is 8.91. The Hall–Kier alpha value is -9.33. The van der Waals surface area contributed by atoms with E-state index >= 15 is 0 Å². The van der Waals surface area contributed by atoms with Crippen LogP contribution in [0.2, 0.25) is 25.5 Å². The Labute approximate surface area is 712 Å². The molecule has 6 aliphatic rings. The average molecular weight is 1750 g/mol. The average Bonchev–Trinajstić information content (AvgIpc) is 1.61. The third-order valence-electron chi connectivity index (χ3n) is 21.2. The minimum Gasteiger partial charge on any atom is -0.497 e. The lowest BCUT2D eigenvalue weighted by Crippen LogP contribution is -2.53. The van der Waals surface area contributed by atoms with E-state index in [1.54, 1.807) is 48.8 Å². The summed E-state index contributed by atoms with van der Waals surface area (Å²) >= 11 is 29.2. The Morgan fingerprint density at radius 3 is 1.34 bits per heavy atom. The van der Waals surface area contributed by atoms with Crippen molar-refractivity contribution in [2.45, 2.75) is 173 Å². The van der Waals surface area contributed by atoms with Gasteiger partial charge in [0, 0.05) is 142 Å². The number of aliphatic hydroxyl groups is 2. The van der Waals surface area contributed by atoms with Crippen molar-refractivity contribution in [3.8, 4) is 34.0 Å². The summed E-state index contributed by atoms with van der Waals surface area (Å²) in [5.74, 6) is -1.06. The number of nitrogens with one attached hydrogen (secondary N) is 4. The van der Waals surface area contributed by atoms with Gasteiger partial charge in [-0.05, 0) is 160 Å². The van der Waals surface area contributed by atoms with Gasteiger partial charge in [-0.3, -0.25) is 23.3 Å². The van der Waals surface area contributed by atoms with Gasteiger partial charge < -0.3 is 79.2 Å². The maximum Gasteiger partial charge on any atom is 0.496 e. The number of ether oxygens (including phenoxy) is 5. The van der Waals surface area contributed by atoms with E-state index in [-0.39, 0.29) is 52.1 Å². The molecule has 0 unspecified atom stereocenters. The van der Waals surface area contributed by atoms with Gasteiger partial charge >= 0.3 is 31.2 Å². The molecule has 5 amide bonds. The molecule has 31 nitrogen and oxygen atoms in total. The Balaban J connectivity index is 0.000000168. The highest BCUT2D eigenvalue weighted by atomic mass is 35.5. The number of nitrogens with zero attached hydrogens (tertiary/aromatic N) is 12. The topological polar surface area (TPSA) is 357 Å². The molecule has 14 rings (SSSR count). The molecule has 39 heteroatoms. The van der Waals surface area contributed by atoms with E-state index in [4.69, 9.17) is 91.0 Å². The molecule has 0 aliphatic carbocycles. The highest BCUT2D eigenvalue weighted by Gasteiger charge is 2.52. The van der Waals surface area contributed by atoms with E-state index in [0.29, 0.717) is 126 Å². The molecule has 638 valence electrons. The third kappa shape index (κ3) is 22.1. The number of rotatable bonds is 21. The van der Waals surface area contributed by atoms with Crippen molar-refractivity contribution in [3.05, 3.63) is 157 Å². The molecule has 0 radical (unpaired) electrons. The number of benzene rings is 2. The Kier molecular flexibility index (Phi) is 29.7. The first-order valence-corrected chi connectivity index (χ1v) is 40.6. The molecule has 12 heterocycles. The van der Waals surface area contributed by atoms with Crippen molar-refractivity contribution >= 4 is 118 Å². The maximum atomic E-state index is 14.0. The molecule has 0 saturated carbocycles. The van der Waals surface area contributed by atoms with Crippen LogP contribution in [-0.2, 0) is 57.2 Å². The fourth-order valence-corrected chi connectivity index (χ4v) is 14.6. The zero-order valence-corrected chi connectivity index (χ0v) is 71.6. The molecule has 3 fully saturated rings. The van der Waals surface area contributed by atoms with Gasteiger partial charge in [0.15, 0.2) is 5.15 Å². The van der Waals surface area contributed by atoms with E-state index in [0.717, 1.165) is 48.2 Å². The normalized spacial score (nSPS) is 17.7. The van der Waals surface area contributed by atoms with Crippen LogP contribution in [0.3, 0.4) is 0 Å². The predicted octanol–water partition coefficient (Wildman–Crippen LogP) is 11.6. The zero-order chi connectivity index (χ0) is 86.1. The highest BCUT2D eigenvalue weighted by Crippen LogP contribution is 2.38. The molecule has 3 saturated heterocycles. The molecule has 2 aromatic carbocycles. The van der Waals surface area contributed by atoms with Gasteiger partial charge in [-0.2, -0.15) is 0 Å². The number of fused-ring (bicyclic) bond motifs is 3. The van der Waals surface area contributed by atoms with Gasteiger partial charge in [0.25, 0.3) is 0 Å². The van der Waals surface area contributed by atoms with Gasteiger partial charge in [-0.25, -0.2) is 57.9 Å². The minimum absolute atomic E-state index is 0.101. The minimum atomic E-state index is -0.882. The van der Waals surface area contributed by atoms with Crippen LogP contribution in [-0.4, -0.2) is 232 Å². The van der Waals surface area contributed by atoms with Gasteiger partial charge in [-0.15, -0.1) is 0 Å². The summed E-state index contributed by atoms with van der Waals surface area (Å²) in [7, 11) is 2.28. The lowest BCUT2D eigenvalue weighted by molar-refractivity contribution is -0.159. The first-order valence-electron chi connectivity index (χ1n) is 38.7. The number of amides is 5. The summed E-state index contributed by atoms with van der Waals surface area (Å²) in [6.07, 6.45) is 14.6. The number of methoxy groups -OCH3 is 2. The predicted molar refractivity (Wildman–Crippen MR) is 443 cm³/mol. The second-order valence-corrected chi connectivity index (χ2v) is 33.0. The molecule has 0 spiro atoms. The molecule has 6 aliphatic heterocycles. The number of hydrogen-bond acceptors (Lipinski definition) is 23. The van der Waals surface area contributed by atoms with E-state index in [9.17, 15) is 47.8 Å². The van der Waals surface area contributed by atoms with E-state index in [1.807, 2.05) is 66.7 Å². The van der Waals surface area contributed by atoms with Crippen molar-refractivity contribution in [2.24, 2.45) is 0 Å². The number of aliphatic hydroxyl groups excluding tert-OH is 2. The highest BCUT2D eigenvalue weighted by molar-refractivity contribution is 6.62. The van der Waals surface area contributed by atoms with Crippen LogP contribution in [0.1, 0.15) is 135 Å². The van der Waals surface area contributed by atoms with E-state index < -0.39 is 96.8 Å². The Morgan fingerprint density at radius 2 is 0.958 bits per heavy atom. The number of hydrogen-bond donors (Lipinski definition) is 6. The Bertz CT molecular complexity index is 4780. The van der Waals surface area contributed by atoms with Gasteiger partial charge in [-0.1, -0.05) is 46.4 Å². The van der Waals surface area contributed by atoms with Gasteiger partial charge in [0.05, 0.1) is 95.8 Å². The number of carbonyl (C=O) groups excluding carboxylic acids is 6. The molecule has 6 aromatic heterocycles. The van der Waals surface area contributed by atoms with Crippen molar-refractivity contribution in [1.29, 1.82) is 0 Å². The molecular weight excluding hydrogens is 1650 g/mol. The fourth-order valence-electron chi connectivity index (χ4n) is 13.8. The summed E-state index contributed by atoms with van der Waals surface area (Å²) in [5, 5.41) is 33.2. The number of halogens is 7. The monoisotopic (exact) mass is 1740 g/mol. The van der Waals surface area contributed by atoms with Crippen molar-refractivity contribution in [3.63, 3.8) is 0 Å². The second-order valence-electron chi connectivity index (χ2n) is 31.1. The molecule has 119 heavy (non-hydrogen) atoms. The van der Waals surface area contributed by atoms with Crippen LogP contribution in [0.4, 0.5) is 35.1 Å². The number of anilines is 2. The molecule has 5 atom stereocenters. The first kappa shape index (κ1) is 90.4. The molecular formula is C80H96BCl5F2N16O15. The number of carbonyl (C=O) groups is 6. The SMILES string of the molecule is COc1cc(F)cc([C@@H](CO)NC(=O)[C@@H](C)N2CCc3cc(-c4nc(NC5CCOCC5)ncc4Cl)cn3C2=O)c1.COc1cc(F)cc([C@@H](CO)NC(=O)[C@H](C)N2CCc3cc(-c4nc(NC5CCOCC5)ncc4Cl)cn3C2=O)c1.C[C@H](C(=O)OC(C)(C)C)N1CCc2cc(B3OC(C)(C)C(C)(C)O3)cn2C1=O.Clc1ncc(Cl)c(Cl)n1. The number of esters is 1. The standard InChI is InChI=1S/2C28H32ClFN6O5.C20H31BN2O5.C4HCl3N2/c2*1-16(26(38)33-24(15-37)17-9-19(30)12-22(11-17)40-2)35-6-3-21-10-18(14-36(21)28(35)39)25-23(29)13-31-27(34-25)32-20-4-7-41-8-5-20;1-13(16(24)26-18(2,3)4)22-10-9-15-11-14(12-23(15)17(22)25)21-27-19(5,6)20(7,8)28-21;5-2-1-8-4(7)9-3(2)6/h2*9-14,16,20,24,37H,3-8,15H2,1-2H3,(H,33,38)(H,31,32,34);11-13H,9-10H2,1-8H3;1H/t16-,24+;16-,24-;13-;/m011./s1. The largest absolute Gasteiger partial charge is 0.497 e. The lowest BCUT2D eigenvalue weighted by Gasteiger charge is -2.33. The Morgan fingerprint density at radius 1 is 0.563 bits per heavy atom. The summed E-state index contributed by atoms with van der Waals surface area (Å²) in [5.41, 5.74) is 4.78. The third-order valence-corrected chi connectivity index (χ3v) is 22.6. The summed E-state index contributed by atoms with van der Waals surface area (Å²) in [4.78, 5) is 108. The van der Waals surface area contributed by atoms with Crippen molar-refractivity contribution in [1.82, 2.24) is 68.9 Å². The van der Waals surface area contributed by atoms with Crippen LogP contribution < -0.4 is 36.2 Å². The van der Waals surface area contributed by atoms with Gasteiger partial charge in [0.2, 0.25) is 29.0 Å². The van der Waals surface area contributed by atoms with Gasteiger partial charge in [0.1, 0.15) is 46.9 Å². The molecule has 8 aromatic rings. The van der Waals surface area contributed by atoms with Crippen molar-refractivity contribution < 1.29 is 80.8 Å². The van der Waals surface area contributed by atoms with Crippen LogP contribution in [0.5, 0.6) is 11.5 Å².